The van der Waals surface area contributed by atoms with Gasteiger partial charge in [0.15, 0.2) is 0 Å². The molecule has 0 aromatic heterocycles. The lowest BCUT2D eigenvalue weighted by molar-refractivity contribution is 0.738. The summed E-state index contributed by atoms with van der Waals surface area (Å²) in [6, 6.07) is 14.1. The van der Waals surface area contributed by atoms with E-state index in [0.29, 0.717) is 0 Å². The molecule has 0 saturated carbocycles. The van der Waals surface area contributed by atoms with Gasteiger partial charge >= 0.3 is 0 Å². The van der Waals surface area contributed by atoms with Crippen LogP contribution in [0.25, 0.3) is 0 Å². The molecule has 1 unspecified atom stereocenters. The first-order chi connectivity index (χ1) is 9.97. The largest absolute Gasteiger partial charge is 0.370 e. The summed E-state index contributed by atoms with van der Waals surface area (Å²) >= 11 is 12.5. The topological polar surface area (TPSA) is 29.3 Å². The van der Waals surface area contributed by atoms with Crippen LogP contribution in [-0.4, -0.2) is 13.1 Å². The van der Waals surface area contributed by atoms with Gasteiger partial charge in [0.1, 0.15) is 0 Å². The molecule has 0 amide bonds. The van der Waals surface area contributed by atoms with Crippen molar-refractivity contribution in [2.24, 2.45) is 5.73 Å². The normalized spacial score (nSPS) is 12.2. The highest BCUT2D eigenvalue weighted by Gasteiger charge is 2.09. The van der Waals surface area contributed by atoms with E-state index < -0.39 is 0 Å². The molecule has 0 saturated heterocycles. The van der Waals surface area contributed by atoms with Crippen LogP contribution in [0.3, 0.4) is 0 Å². The zero-order chi connectivity index (χ0) is 15.4. The molecule has 2 nitrogen and oxygen atoms in total. The smallest absolute Gasteiger partial charge is 0.0459 e. The molecule has 0 aliphatic carbocycles. The van der Waals surface area contributed by atoms with Gasteiger partial charge in [-0.15, -0.1) is 0 Å². The molecule has 0 aliphatic heterocycles. The number of nitrogens with two attached hydrogens (primary N) is 1. The van der Waals surface area contributed by atoms with E-state index in [9.17, 15) is 0 Å². The number of anilines is 1. The van der Waals surface area contributed by atoms with Gasteiger partial charge in [-0.25, -0.2) is 0 Å². The van der Waals surface area contributed by atoms with Gasteiger partial charge in [0.25, 0.3) is 0 Å². The maximum Gasteiger partial charge on any atom is 0.0459 e. The second-order valence-electron chi connectivity index (χ2n) is 5.40. The fraction of sp³-hybridized carbons (Fsp3) is 0.294. The van der Waals surface area contributed by atoms with Crippen molar-refractivity contribution in [3.05, 3.63) is 63.6 Å². The van der Waals surface area contributed by atoms with Crippen LogP contribution in [0.5, 0.6) is 0 Å². The van der Waals surface area contributed by atoms with E-state index in [1.54, 1.807) is 0 Å². The Hall–Kier alpha value is -1.22. The first-order valence-electron chi connectivity index (χ1n) is 6.96. The Morgan fingerprint density at radius 1 is 1.05 bits per heavy atom. The molecule has 21 heavy (non-hydrogen) atoms. The van der Waals surface area contributed by atoms with E-state index in [1.807, 2.05) is 50.4 Å². The quantitative estimate of drug-likeness (QED) is 0.876. The van der Waals surface area contributed by atoms with Crippen molar-refractivity contribution < 1.29 is 0 Å². The van der Waals surface area contributed by atoms with E-state index in [-0.39, 0.29) is 6.04 Å². The number of benzene rings is 2. The summed E-state index contributed by atoms with van der Waals surface area (Å²) in [5.41, 5.74) is 9.07. The fourth-order valence-corrected chi connectivity index (χ4v) is 2.71. The molecular formula is C17H20Cl2N2. The predicted octanol–water partition coefficient (Wildman–Crippen LogP) is 4.52. The molecular weight excluding hydrogens is 303 g/mol. The first kappa shape index (κ1) is 16.2. The van der Waals surface area contributed by atoms with Crippen LogP contribution in [-0.2, 0) is 13.0 Å². The Morgan fingerprint density at radius 2 is 1.76 bits per heavy atom. The van der Waals surface area contributed by atoms with Crippen LogP contribution in [0.4, 0.5) is 5.69 Å². The van der Waals surface area contributed by atoms with Crippen molar-refractivity contribution in [1.29, 1.82) is 0 Å². The molecule has 0 bridgehead atoms. The van der Waals surface area contributed by atoms with Crippen LogP contribution >= 0.6 is 23.2 Å². The highest BCUT2D eigenvalue weighted by Crippen LogP contribution is 2.26. The van der Waals surface area contributed by atoms with Crippen molar-refractivity contribution in [3.63, 3.8) is 0 Å². The van der Waals surface area contributed by atoms with E-state index in [2.05, 4.69) is 11.0 Å². The molecule has 0 radical (unpaired) electrons. The van der Waals surface area contributed by atoms with Gasteiger partial charge in [0.2, 0.25) is 0 Å². The summed E-state index contributed by atoms with van der Waals surface area (Å²) in [5.74, 6) is 0. The Labute approximate surface area is 136 Å². The van der Waals surface area contributed by atoms with Gasteiger partial charge in [0, 0.05) is 35.4 Å². The average Bonchev–Trinajstić information content (AvgIpc) is 2.43. The number of halogens is 2. The van der Waals surface area contributed by atoms with Gasteiger partial charge in [-0.1, -0.05) is 47.5 Å². The van der Waals surface area contributed by atoms with E-state index in [4.69, 9.17) is 28.9 Å². The third-order valence-electron chi connectivity index (χ3n) is 3.38. The van der Waals surface area contributed by atoms with Crippen molar-refractivity contribution in [2.45, 2.75) is 25.9 Å². The van der Waals surface area contributed by atoms with E-state index in [0.717, 1.165) is 39.8 Å². The van der Waals surface area contributed by atoms with Gasteiger partial charge in [-0.05, 0) is 42.7 Å². The summed E-state index contributed by atoms with van der Waals surface area (Å²) in [6.07, 6.45) is 0.785. The third kappa shape index (κ3) is 4.37. The third-order valence-corrected chi connectivity index (χ3v) is 4.11. The maximum absolute atomic E-state index is 6.34. The molecule has 0 aliphatic rings. The minimum atomic E-state index is 0.106. The molecule has 2 aromatic carbocycles. The SMILES string of the molecule is CC(N)Cc1ccc(N(C)Cc2ccccc2Cl)cc1Cl. The van der Waals surface area contributed by atoms with Gasteiger partial charge in [0.05, 0.1) is 0 Å². The van der Waals surface area contributed by atoms with Gasteiger partial charge in [-0.2, -0.15) is 0 Å². The Morgan fingerprint density at radius 3 is 2.38 bits per heavy atom. The van der Waals surface area contributed by atoms with E-state index >= 15 is 0 Å². The minimum absolute atomic E-state index is 0.106. The van der Waals surface area contributed by atoms with Crippen LogP contribution in [0, 0.1) is 0 Å². The van der Waals surface area contributed by atoms with Crippen molar-refractivity contribution in [1.82, 2.24) is 0 Å². The fourth-order valence-electron chi connectivity index (χ4n) is 2.26. The molecule has 2 N–H and O–H groups in total. The lowest BCUT2D eigenvalue weighted by atomic mass is 10.1. The molecule has 0 heterocycles. The molecule has 2 aromatic rings. The molecule has 4 heteroatoms. The summed E-state index contributed by atoms with van der Waals surface area (Å²) in [5, 5.41) is 1.54. The predicted molar refractivity (Wildman–Crippen MR) is 92.4 cm³/mol. The molecule has 112 valence electrons. The van der Waals surface area contributed by atoms with Crippen LogP contribution in [0.15, 0.2) is 42.5 Å². The van der Waals surface area contributed by atoms with Crippen molar-refractivity contribution in [2.75, 3.05) is 11.9 Å². The number of hydrogen-bond donors (Lipinski definition) is 1. The highest BCUT2D eigenvalue weighted by molar-refractivity contribution is 6.31. The molecule has 0 fully saturated rings. The number of hydrogen-bond acceptors (Lipinski definition) is 2. The summed E-state index contributed by atoms with van der Waals surface area (Å²) in [6.45, 7) is 2.72. The summed E-state index contributed by atoms with van der Waals surface area (Å²) in [7, 11) is 2.03. The first-order valence-corrected chi connectivity index (χ1v) is 7.71. The highest BCUT2D eigenvalue weighted by atomic mass is 35.5. The Bertz CT molecular complexity index is 611. The molecule has 1 atom stereocenters. The van der Waals surface area contributed by atoms with Crippen molar-refractivity contribution in [3.8, 4) is 0 Å². The summed E-state index contributed by atoms with van der Waals surface area (Å²) < 4.78 is 0. The maximum atomic E-state index is 6.34. The van der Waals surface area contributed by atoms with Crippen LogP contribution in [0.1, 0.15) is 18.1 Å². The molecule has 2 rings (SSSR count). The Balaban J connectivity index is 2.14. The van der Waals surface area contributed by atoms with Gasteiger partial charge in [-0.3, -0.25) is 0 Å². The minimum Gasteiger partial charge on any atom is -0.370 e. The number of rotatable bonds is 5. The summed E-state index contributed by atoms with van der Waals surface area (Å²) in [4.78, 5) is 2.13. The van der Waals surface area contributed by atoms with E-state index in [1.165, 1.54) is 0 Å². The molecule has 0 spiro atoms. The van der Waals surface area contributed by atoms with Crippen molar-refractivity contribution >= 4 is 28.9 Å². The van der Waals surface area contributed by atoms with Crippen LogP contribution in [0.2, 0.25) is 10.0 Å². The lowest BCUT2D eigenvalue weighted by Gasteiger charge is -2.21. The average molecular weight is 323 g/mol. The standard InChI is InChI=1S/C17H20Cl2N2/c1-12(20)9-13-7-8-15(10-17(13)19)21(2)11-14-5-3-4-6-16(14)18/h3-8,10,12H,9,11,20H2,1-2H3. The second-order valence-corrected chi connectivity index (χ2v) is 6.22. The monoisotopic (exact) mass is 322 g/mol. The zero-order valence-corrected chi connectivity index (χ0v) is 13.8. The Kier molecular flexibility index (Phi) is 5.51. The lowest BCUT2D eigenvalue weighted by Crippen LogP contribution is -2.19. The zero-order valence-electron chi connectivity index (χ0n) is 12.3. The van der Waals surface area contributed by atoms with Crippen LogP contribution < -0.4 is 10.6 Å². The van der Waals surface area contributed by atoms with Gasteiger partial charge < -0.3 is 10.6 Å². The number of nitrogens with zero attached hydrogens (tertiary/aromatic N) is 1. The second kappa shape index (κ2) is 7.17.